The monoisotopic (exact) mass is 357 g/mol. The van der Waals surface area contributed by atoms with Crippen LogP contribution in [0.2, 0.25) is 0 Å². The summed E-state index contributed by atoms with van der Waals surface area (Å²) in [6.07, 6.45) is 3.83. The normalized spacial score (nSPS) is 13.0. The van der Waals surface area contributed by atoms with E-state index in [4.69, 9.17) is 5.73 Å². The minimum Gasteiger partial charge on any atom is -0.361 e. The van der Waals surface area contributed by atoms with Gasteiger partial charge in [-0.2, -0.15) is 0 Å². The van der Waals surface area contributed by atoms with Gasteiger partial charge in [0.2, 0.25) is 5.91 Å². The molecule has 132 valence electrons. The third-order valence-electron chi connectivity index (χ3n) is 4.43. The molecule has 2 aromatic carbocycles. The summed E-state index contributed by atoms with van der Waals surface area (Å²) in [6, 6.07) is 17.7. The van der Waals surface area contributed by atoms with Crippen molar-refractivity contribution in [1.29, 1.82) is 0 Å². The summed E-state index contributed by atoms with van der Waals surface area (Å²) in [7, 11) is 0. The number of aromatic amines is 1. The van der Waals surface area contributed by atoms with Crippen molar-refractivity contribution in [1.82, 2.24) is 10.3 Å². The van der Waals surface area contributed by atoms with E-state index in [-0.39, 0.29) is 18.3 Å². The highest BCUT2D eigenvalue weighted by atomic mass is 35.5. The van der Waals surface area contributed by atoms with Crippen molar-refractivity contribution in [3.63, 3.8) is 0 Å². The molecular formula is C20H24ClN3O. The number of aromatic nitrogens is 1. The van der Waals surface area contributed by atoms with E-state index in [0.29, 0.717) is 6.54 Å². The summed E-state index contributed by atoms with van der Waals surface area (Å²) in [6.45, 7) is 2.36. The maximum Gasteiger partial charge on any atom is 0.244 e. The lowest BCUT2D eigenvalue weighted by molar-refractivity contribution is -0.126. The quantitative estimate of drug-likeness (QED) is 0.591. The lowest BCUT2D eigenvalue weighted by atomic mass is 9.92. The van der Waals surface area contributed by atoms with Crippen LogP contribution in [0.15, 0.2) is 60.8 Å². The second-order valence-electron chi connectivity index (χ2n) is 6.29. The van der Waals surface area contributed by atoms with Crippen molar-refractivity contribution in [2.24, 2.45) is 5.73 Å². The van der Waals surface area contributed by atoms with Crippen LogP contribution >= 0.6 is 12.4 Å². The van der Waals surface area contributed by atoms with Crippen LogP contribution in [0.4, 0.5) is 0 Å². The number of halogens is 1. The van der Waals surface area contributed by atoms with Crippen LogP contribution in [0, 0.1) is 0 Å². The van der Waals surface area contributed by atoms with Crippen molar-refractivity contribution in [2.45, 2.75) is 25.3 Å². The molecule has 0 spiro atoms. The number of nitrogens with two attached hydrogens (primary N) is 1. The van der Waals surface area contributed by atoms with Gasteiger partial charge in [-0.25, -0.2) is 0 Å². The molecule has 1 atom stereocenters. The van der Waals surface area contributed by atoms with Crippen LogP contribution in [0.25, 0.3) is 10.9 Å². The number of rotatable bonds is 6. The Balaban J connectivity index is 0.00000225. The molecule has 0 bridgehead atoms. The van der Waals surface area contributed by atoms with Crippen LogP contribution in [-0.2, 0) is 16.8 Å². The molecule has 0 radical (unpaired) electrons. The summed E-state index contributed by atoms with van der Waals surface area (Å²) >= 11 is 0. The topological polar surface area (TPSA) is 70.9 Å². The smallest absolute Gasteiger partial charge is 0.244 e. The molecule has 4 nitrogen and oxygen atoms in total. The van der Waals surface area contributed by atoms with Gasteiger partial charge in [0, 0.05) is 23.6 Å². The number of benzene rings is 2. The van der Waals surface area contributed by atoms with Gasteiger partial charge in [0.25, 0.3) is 0 Å². The fraction of sp³-hybridized carbons (Fsp3) is 0.250. The summed E-state index contributed by atoms with van der Waals surface area (Å²) in [5.74, 6) is -0.146. The number of H-pyrrole nitrogens is 1. The number of amides is 1. The Kier molecular flexibility index (Phi) is 6.23. The van der Waals surface area contributed by atoms with E-state index < -0.39 is 5.54 Å². The number of hydrogen-bond donors (Lipinski definition) is 3. The Labute approximate surface area is 154 Å². The van der Waals surface area contributed by atoms with Gasteiger partial charge in [-0.05, 0) is 37.0 Å². The van der Waals surface area contributed by atoms with E-state index in [0.717, 1.165) is 23.9 Å². The molecule has 0 aliphatic rings. The zero-order chi connectivity index (χ0) is 17.0. The highest BCUT2D eigenvalue weighted by Crippen LogP contribution is 2.19. The highest BCUT2D eigenvalue weighted by Gasteiger charge is 2.29. The number of hydrogen-bond acceptors (Lipinski definition) is 2. The first-order valence-electron chi connectivity index (χ1n) is 8.27. The Morgan fingerprint density at radius 2 is 1.80 bits per heavy atom. The molecule has 1 unspecified atom stereocenters. The first kappa shape index (κ1) is 19.0. The first-order chi connectivity index (χ1) is 11.6. The second-order valence-corrected chi connectivity index (χ2v) is 6.29. The fourth-order valence-corrected chi connectivity index (χ4v) is 2.92. The second kappa shape index (κ2) is 8.19. The summed E-state index contributed by atoms with van der Waals surface area (Å²) in [4.78, 5) is 15.7. The maximum atomic E-state index is 12.4. The van der Waals surface area contributed by atoms with Crippen LogP contribution in [-0.4, -0.2) is 17.4 Å². The van der Waals surface area contributed by atoms with Gasteiger partial charge in [0.15, 0.2) is 0 Å². The maximum absolute atomic E-state index is 12.4. The van der Waals surface area contributed by atoms with Crippen molar-refractivity contribution >= 4 is 29.2 Å². The van der Waals surface area contributed by atoms with Crippen LogP contribution < -0.4 is 11.1 Å². The molecule has 5 heteroatoms. The van der Waals surface area contributed by atoms with E-state index >= 15 is 0 Å². The lowest BCUT2D eigenvalue weighted by Crippen LogP contribution is -2.49. The van der Waals surface area contributed by atoms with Gasteiger partial charge >= 0.3 is 0 Å². The predicted octanol–water partition coefficient (Wildman–Crippen LogP) is 3.51. The highest BCUT2D eigenvalue weighted by molar-refractivity contribution is 5.87. The molecule has 3 aromatic rings. The zero-order valence-corrected chi connectivity index (χ0v) is 15.1. The molecule has 0 saturated heterocycles. The Morgan fingerprint density at radius 1 is 1.12 bits per heavy atom. The minimum absolute atomic E-state index is 0. The standard InChI is InChI=1S/C20H23N3O.ClH/c1-20(21,16-9-3-2-4-10-16)19(24)22-13-7-8-15-14-23-18-12-6-5-11-17(15)18;/h2-6,9-12,14,23H,7-8,13,21H2,1H3,(H,22,24);1H. The van der Waals surface area contributed by atoms with Crippen molar-refractivity contribution < 1.29 is 4.79 Å². The number of aryl methyl sites for hydroxylation is 1. The van der Waals surface area contributed by atoms with Crippen molar-refractivity contribution in [3.8, 4) is 0 Å². The van der Waals surface area contributed by atoms with Crippen LogP contribution in [0.5, 0.6) is 0 Å². The third-order valence-corrected chi connectivity index (χ3v) is 4.43. The van der Waals surface area contributed by atoms with E-state index in [2.05, 4.69) is 22.4 Å². The molecule has 0 saturated carbocycles. The number of carbonyl (C=O) groups excluding carboxylic acids is 1. The number of nitrogens with one attached hydrogen (secondary N) is 2. The number of carbonyl (C=O) groups is 1. The third kappa shape index (κ3) is 4.21. The molecule has 1 amide bonds. The van der Waals surface area contributed by atoms with Gasteiger partial charge in [-0.3, -0.25) is 4.79 Å². The van der Waals surface area contributed by atoms with Crippen molar-refractivity contribution in [3.05, 3.63) is 71.9 Å². The molecule has 1 aromatic heterocycles. The first-order valence-corrected chi connectivity index (χ1v) is 8.27. The largest absolute Gasteiger partial charge is 0.361 e. The molecule has 0 fully saturated rings. The van der Waals surface area contributed by atoms with Gasteiger partial charge in [0.1, 0.15) is 5.54 Å². The van der Waals surface area contributed by atoms with E-state index in [1.165, 1.54) is 10.9 Å². The van der Waals surface area contributed by atoms with Gasteiger partial charge in [0.05, 0.1) is 0 Å². The van der Waals surface area contributed by atoms with E-state index in [9.17, 15) is 4.79 Å². The molecule has 1 heterocycles. The molecule has 0 aliphatic carbocycles. The molecule has 25 heavy (non-hydrogen) atoms. The van der Waals surface area contributed by atoms with E-state index in [1.54, 1.807) is 6.92 Å². The van der Waals surface area contributed by atoms with Gasteiger partial charge in [-0.1, -0.05) is 48.5 Å². The zero-order valence-electron chi connectivity index (χ0n) is 14.3. The number of fused-ring (bicyclic) bond motifs is 1. The van der Waals surface area contributed by atoms with Gasteiger partial charge < -0.3 is 16.0 Å². The van der Waals surface area contributed by atoms with E-state index in [1.807, 2.05) is 48.7 Å². The number of para-hydroxylation sites is 1. The Hall–Kier alpha value is -2.30. The molecule has 0 aliphatic heterocycles. The Bertz CT molecular complexity index is 827. The summed E-state index contributed by atoms with van der Waals surface area (Å²) in [5, 5.41) is 4.20. The summed E-state index contributed by atoms with van der Waals surface area (Å²) < 4.78 is 0. The fourth-order valence-electron chi connectivity index (χ4n) is 2.92. The van der Waals surface area contributed by atoms with Crippen LogP contribution in [0.1, 0.15) is 24.5 Å². The molecule has 4 N–H and O–H groups in total. The average molecular weight is 358 g/mol. The summed E-state index contributed by atoms with van der Waals surface area (Å²) in [5.41, 5.74) is 8.45. The lowest BCUT2D eigenvalue weighted by Gasteiger charge is -2.24. The van der Waals surface area contributed by atoms with Crippen molar-refractivity contribution in [2.75, 3.05) is 6.54 Å². The van der Waals surface area contributed by atoms with Gasteiger partial charge in [-0.15, -0.1) is 12.4 Å². The Morgan fingerprint density at radius 3 is 2.56 bits per heavy atom. The SMILES string of the molecule is CC(N)(C(=O)NCCCc1c[nH]c2ccccc12)c1ccccc1.Cl. The average Bonchev–Trinajstić information content (AvgIpc) is 3.02. The predicted molar refractivity (Wildman–Crippen MR) is 105 cm³/mol. The van der Waals surface area contributed by atoms with Crippen LogP contribution in [0.3, 0.4) is 0 Å². The molecular weight excluding hydrogens is 334 g/mol. The minimum atomic E-state index is -1.01. The molecule has 3 rings (SSSR count).